The van der Waals surface area contributed by atoms with Crippen molar-refractivity contribution >= 4 is 11.8 Å². The predicted molar refractivity (Wildman–Crippen MR) is 79.4 cm³/mol. The maximum atomic E-state index is 12.4. The fourth-order valence-electron chi connectivity index (χ4n) is 2.86. The highest BCUT2D eigenvalue weighted by molar-refractivity contribution is 5.80. The summed E-state index contributed by atoms with van der Waals surface area (Å²) in [7, 11) is 1.88. The van der Waals surface area contributed by atoms with E-state index < -0.39 is 0 Å². The largest absolute Gasteiger partial charge is 0.348 e. The van der Waals surface area contributed by atoms with Gasteiger partial charge < -0.3 is 10.2 Å². The Morgan fingerprint density at radius 1 is 1.43 bits per heavy atom. The van der Waals surface area contributed by atoms with Gasteiger partial charge in [0.15, 0.2) is 0 Å². The average molecular weight is 292 g/mol. The van der Waals surface area contributed by atoms with E-state index in [2.05, 4.69) is 17.3 Å². The van der Waals surface area contributed by atoms with E-state index in [1.807, 2.05) is 18.0 Å². The summed E-state index contributed by atoms with van der Waals surface area (Å²) < 4.78 is 1.80. The summed E-state index contributed by atoms with van der Waals surface area (Å²) in [5.74, 6) is 0.185. The Morgan fingerprint density at radius 2 is 2.10 bits per heavy atom. The Kier molecular flexibility index (Phi) is 4.98. The van der Waals surface area contributed by atoms with Crippen LogP contribution < -0.4 is 5.32 Å². The van der Waals surface area contributed by atoms with Gasteiger partial charge >= 0.3 is 0 Å². The number of hydrogen-bond donors (Lipinski definition) is 1. The van der Waals surface area contributed by atoms with E-state index in [-0.39, 0.29) is 23.8 Å². The van der Waals surface area contributed by atoms with E-state index in [9.17, 15) is 9.59 Å². The van der Waals surface area contributed by atoms with Gasteiger partial charge in [-0.3, -0.25) is 14.3 Å². The molecule has 0 spiro atoms. The molecule has 2 rings (SSSR count). The third-order valence-corrected chi connectivity index (χ3v) is 4.25. The molecule has 0 saturated carbocycles. The van der Waals surface area contributed by atoms with Crippen molar-refractivity contribution in [1.29, 1.82) is 0 Å². The number of aromatic nitrogens is 2. The first-order chi connectivity index (χ1) is 10.0. The molecular weight excluding hydrogens is 268 g/mol. The molecule has 1 aliphatic rings. The fraction of sp³-hybridized carbons (Fsp3) is 0.667. The molecule has 1 aliphatic heterocycles. The molecule has 1 aromatic rings. The maximum Gasteiger partial charge on any atom is 0.223 e. The van der Waals surface area contributed by atoms with Crippen molar-refractivity contribution in [3.05, 3.63) is 18.0 Å². The van der Waals surface area contributed by atoms with Crippen molar-refractivity contribution in [3.63, 3.8) is 0 Å². The molecule has 2 heterocycles. The second-order valence-corrected chi connectivity index (χ2v) is 5.63. The van der Waals surface area contributed by atoms with Crippen LogP contribution in [0.3, 0.4) is 0 Å². The first-order valence-electron chi connectivity index (χ1n) is 7.56. The third-order valence-electron chi connectivity index (χ3n) is 4.25. The Bertz CT molecular complexity index is 504. The number of piperidine rings is 1. The highest BCUT2D eigenvalue weighted by atomic mass is 16.2. The molecule has 0 aromatic carbocycles. The van der Waals surface area contributed by atoms with E-state index in [1.165, 1.54) is 0 Å². The molecule has 6 nitrogen and oxygen atoms in total. The number of carbonyl (C=O) groups is 2. The highest BCUT2D eigenvalue weighted by Crippen LogP contribution is 2.21. The average Bonchev–Trinajstić information content (AvgIpc) is 2.90. The van der Waals surface area contributed by atoms with Crippen LogP contribution in [0.25, 0.3) is 0 Å². The number of nitrogens with one attached hydrogen (secondary N) is 1. The standard InChI is InChI=1S/C15H24N4O2/c1-4-13(14-5-8-16-18(14)3)17-15(21)12-6-9-19(10-7-12)11(2)20/h5,8,12-13H,4,6-7,9-10H2,1-3H3,(H,17,21)/t13-/m1/s1. The van der Waals surface area contributed by atoms with E-state index in [0.717, 1.165) is 25.0 Å². The van der Waals surface area contributed by atoms with Gasteiger partial charge in [-0.05, 0) is 25.3 Å². The van der Waals surface area contributed by atoms with Crippen LogP contribution in [0.15, 0.2) is 12.3 Å². The van der Waals surface area contributed by atoms with Gasteiger partial charge in [0.05, 0.1) is 11.7 Å². The molecule has 0 unspecified atom stereocenters. The van der Waals surface area contributed by atoms with Gasteiger partial charge in [-0.25, -0.2) is 0 Å². The van der Waals surface area contributed by atoms with Crippen LogP contribution in [0, 0.1) is 5.92 Å². The lowest BCUT2D eigenvalue weighted by atomic mass is 9.95. The summed E-state index contributed by atoms with van der Waals surface area (Å²) >= 11 is 0. The number of rotatable bonds is 4. The lowest BCUT2D eigenvalue weighted by Gasteiger charge is -2.31. The summed E-state index contributed by atoms with van der Waals surface area (Å²) in [5, 5.41) is 7.28. The Morgan fingerprint density at radius 3 is 2.57 bits per heavy atom. The van der Waals surface area contributed by atoms with Crippen LogP contribution in [0.1, 0.15) is 44.8 Å². The molecule has 1 aromatic heterocycles. The Hall–Kier alpha value is -1.85. The number of hydrogen-bond acceptors (Lipinski definition) is 3. The van der Waals surface area contributed by atoms with E-state index in [1.54, 1.807) is 17.8 Å². The first-order valence-corrected chi connectivity index (χ1v) is 7.56. The smallest absolute Gasteiger partial charge is 0.223 e. The fourth-order valence-corrected chi connectivity index (χ4v) is 2.86. The van der Waals surface area contributed by atoms with Crippen molar-refractivity contribution in [1.82, 2.24) is 20.0 Å². The summed E-state index contributed by atoms with van der Waals surface area (Å²) in [6.45, 7) is 4.98. The van der Waals surface area contributed by atoms with E-state index in [4.69, 9.17) is 0 Å². The maximum absolute atomic E-state index is 12.4. The molecule has 0 radical (unpaired) electrons. The van der Waals surface area contributed by atoms with Crippen LogP contribution in [0.5, 0.6) is 0 Å². The summed E-state index contributed by atoms with van der Waals surface area (Å²) in [4.78, 5) is 25.5. The van der Waals surface area contributed by atoms with Gasteiger partial charge in [0.1, 0.15) is 0 Å². The van der Waals surface area contributed by atoms with Gasteiger partial charge in [-0.2, -0.15) is 5.10 Å². The number of aryl methyl sites for hydroxylation is 1. The molecular formula is C15H24N4O2. The Labute approximate surface area is 125 Å². The molecule has 0 bridgehead atoms. The minimum absolute atomic E-state index is 0.00266. The predicted octanol–water partition coefficient (Wildman–Crippen LogP) is 1.25. The van der Waals surface area contributed by atoms with Crippen LogP contribution in [-0.4, -0.2) is 39.6 Å². The molecule has 1 N–H and O–H groups in total. The molecule has 116 valence electrons. The molecule has 1 atom stereocenters. The lowest BCUT2D eigenvalue weighted by molar-refractivity contribution is -0.134. The summed E-state index contributed by atoms with van der Waals surface area (Å²) in [5.41, 5.74) is 1.02. The van der Waals surface area contributed by atoms with Crippen LogP contribution in [0.4, 0.5) is 0 Å². The summed E-state index contributed by atoms with van der Waals surface area (Å²) in [6.07, 6.45) is 4.06. The minimum Gasteiger partial charge on any atom is -0.348 e. The van der Waals surface area contributed by atoms with E-state index >= 15 is 0 Å². The van der Waals surface area contributed by atoms with Gasteiger partial charge in [-0.15, -0.1) is 0 Å². The number of carbonyl (C=O) groups excluding carboxylic acids is 2. The quantitative estimate of drug-likeness (QED) is 0.908. The Balaban J connectivity index is 1.92. The molecule has 1 saturated heterocycles. The molecule has 21 heavy (non-hydrogen) atoms. The molecule has 2 amide bonds. The molecule has 1 fully saturated rings. The van der Waals surface area contributed by atoms with Crippen molar-refractivity contribution < 1.29 is 9.59 Å². The second-order valence-electron chi connectivity index (χ2n) is 5.63. The third kappa shape index (κ3) is 3.62. The van der Waals surface area contributed by atoms with Crippen LogP contribution >= 0.6 is 0 Å². The van der Waals surface area contributed by atoms with Gasteiger partial charge in [-0.1, -0.05) is 6.92 Å². The second kappa shape index (κ2) is 6.74. The first kappa shape index (κ1) is 15.5. The zero-order chi connectivity index (χ0) is 15.4. The van der Waals surface area contributed by atoms with Crippen LogP contribution in [0.2, 0.25) is 0 Å². The van der Waals surface area contributed by atoms with Gasteiger partial charge in [0, 0.05) is 39.2 Å². The van der Waals surface area contributed by atoms with Crippen molar-refractivity contribution in [2.75, 3.05) is 13.1 Å². The zero-order valence-corrected chi connectivity index (χ0v) is 13.0. The van der Waals surface area contributed by atoms with Crippen molar-refractivity contribution in [2.24, 2.45) is 13.0 Å². The SMILES string of the molecule is CC[C@@H](NC(=O)C1CCN(C(C)=O)CC1)c1ccnn1C. The van der Waals surface area contributed by atoms with Crippen LogP contribution in [-0.2, 0) is 16.6 Å². The van der Waals surface area contributed by atoms with E-state index in [0.29, 0.717) is 13.1 Å². The zero-order valence-electron chi connectivity index (χ0n) is 13.0. The monoisotopic (exact) mass is 292 g/mol. The molecule has 0 aliphatic carbocycles. The van der Waals surface area contributed by atoms with Crippen molar-refractivity contribution in [3.8, 4) is 0 Å². The van der Waals surface area contributed by atoms with Crippen molar-refractivity contribution in [2.45, 2.75) is 39.2 Å². The number of amides is 2. The van der Waals surface area contributed by atoms with Gasteiger partial charge in [0.25, 0.3) is 0 Å². The van der Waals surface area contributed by atoms with Gasteiger partial charge in [0.2, 0.25) is 11.8 Å². The lowest BCUT2D eigenvalue weighted by Crippen LogP contribution is -2.43. The summed E-state index contributed by atoms with van der Waals surface area (Å²) in [6, 6.07) is 1.93. The topological polar surface area (TPSA) is 67.2 Å². The number of nitrogens with zero attached hydrogens (tertiary/aromatic N) is 3. The molecule has 6 heteroatoms. The highest BCUT2D eigenvalue weighted by Gasteiger charge is 2.27. The minimum atomic E-state index is -0.00385. The normalized spacial score (nSPS) is 17.6. The number of likely N-dealkylation sites (tertiary alicyclic amines) is 1.